The summed E-state index contributed by atoms with van der Waals surface area (Å²) in [5, 5.41) is 4.76. The lowest BCUT2D eigenvalue weighted by atomic mass is 10.1. The summed E-state index contributed by atoms with van der Waals surface area (Å²) in [6.45, 7) is 9.82. The standard InChI is InChI=1S/C23H33N5OS/c1-17(2)11-22-25-12-19(30-22)13-26-23(24-3)28-15-20-21(16-28)29-10-9-27(20)14-18-7-5-4-6-8-18/h4-8,12,17,20-21H,9-11,13-16H2,1-3H3,(H,24,26). The average molecular weight is 428 g/mol. The molecule has 0 spiro atoms. The predicted molar refractivity (Wildman–Crippen MR) is 123 cm³/mol. The van der Waals surface area contributed by atoms with Crippen LogP contribution in [0.2, 0.25) is 0 Å². The molecule has 0 amide bonds. The Kier molecular flexibility index (Phi) is 7.02. The minimum Gasteiger partial charge on any atom is -0.373 e. The highest BCUT2D eigenvalue weighted by Crippen LogP contribution is 2.25. The van der Waals surface area contributed by atoms with Crippen LogP contribution in [0.25, 0.3) is 0 Å². The molecule has 4 rings (SSSR count). The van der Waals surface area contributed by atoms with E-state index in [2.05, 4.69) is 69.3 Å². The number of thiazole rings is 1. The Morgan fingerprint density at radius 3 is 2.90 bits per heavy atom. The molecule has 2 aliphatic rings. The van der Waals surface area contributed by atoms with Gasteiger partial charge < -0.3 is 15.0 Å². The summed E-state index contributed by atoms with van der Waals surface area (Å²) in [7, 11) is 1.86. The zero-order valence-corrected chi connectivity index (χ0v) is 19.1. The molecule has 2 aromatic rings. The molecule has 0 radical (unpaired) electrons. The Labute approximate surface area is 184 Å². The smallest absolute Gasteiger partial charge is 0.194 e. The second kappa shape index (κ2) is 9.90. The van der Waals surface area contributed by atoms with Gasteiger partial charge in [-0.1, -0.05) is 44.2 Å². The van der Waals surface area contributed by atoms with E-state index in [9.17, 15) is 0 Å². The third kappa shape index (κ3) is 5.20. The fraction of sp³-hybridized carbons (Fsp3) is 0.565. The molecule has 2 fully saturated rings. The molecule has 0 saturated carbocycles. The number of likely N-dealkylation sites (tertiary alicyclic amines) is 1. The molecule has 3 heterocycles. The molecule has 0 aliphatic carbocycles. The van der Waals surface area contributed by atoms with Gasteiger partial charge in [0, 0.05) is 50.7 Å². The zero-order chi connectivity index (χ0) is 20.9. The Balaban J connectivity index is 1.35. The monoisotopic (exact) mass is 427 g/mol. The topological polar surface area (TPSA) is 53.0 Å². The molecule has 1 aromatic heterocycles. The molecule has 2 aliphatic heterocycles. The number of benzene rings is 1. The van der Waals surface area contributed by atoms with Crippen molar-refractivity contribution in [3.63, 3.8) is 0 Å². The minimum atomic E-state index is 0.238. The van der Waals surface area contributed by atoms with E-state index in [1.165, 1.54) is 15.4 Å². The van der Waals surface area contributed by atoms with E-state index in [0.717, 1.165) is 51.7 Å². The fourth-order valence-electron chi connectivity index (χ4n) is 4.32. The molecule has 6 nitrogen and oxygen atoms in total. The molecule has 2 saturated heterocycles. The first-order valence-electron chi connectivity index (χ1n) is 10.9. The molecule has 7 heteroatoms. The van der Waals surface area contributed by atoms with Crippen LogP contribution in [0.15, 0.2) is 41.5 Å². The predicted octanol–water partition coefficient (Wildman–Crippen LogP) is 3.00. The van der Waals surface area contributed by atoms with Gasteiger partial charge in [0.25, 0.3) is 0 Å². The van der Waals surface area contributed by atoms with E-state index in [-0.39, 0.29) is 6.10 Å². The quantitative estimate of drug-likeness (QED) is 0.567. The van der Waals surface area contributed by atoms with Gasteiger partial charge in [-0.25, -0.2) is 4.98 Å². The van der Waals surface area contributed by atoms with Gasteiger partial charge in [0.1, 0.15) is 0 Å². The van der Waals surface area contributed by atoms with Crippen LogP contribution >= 0.6 is 11.3 Å². The zero-order valence-electron chi connectivity index (χ0n) is 18.3. The molecule has 1 N–H and O–H groups in total. The number of hydrogen-bond donors (Lipinski definition) is 1. The molecular formula is C23H33N5OS. The summed E-state index contributed by atoms with van der Waals surface area (Å²) < 4.78 is 6.12. The average Bonchev–Trinajstić information content (AvgIpc) is 3.36. The van der Waals surface area contributed by atoms with Crippen molar-refractivity contribution in [2.24, 2.45) is 10.9 Å². The highest BCUT2D eigenvalue weighted by Gasteiger charge is 2.41. The van der Waals surface area contributed by atoms with E-state index in [1.54, 1.807) is 11.3 Å². The summed E-state index contributed by atoms with van der Waals surface area (Å²) >= 11 is 1.80. The summed E-state index contributed by atoms with van der Waals surface area (Å²) in [5.74, 6) is 1.59. The summed E-state index contributed by atoms with van der Waals surface area (Å²) in [6.07, 6.45) is 3.28. The van der Waals surface area contributed by atoms with E-state index in [0.29, 0.717) is 12.0 Å². The molecule has 1 aromatic carbocycles. The van der Waals surface area contributed by atoms with Crippen LogP contribution < -0.4 is 5.32 Å². The van der Waals surface area contributed by atoms with Gasteiger partial charge in [-0.2, -0.15) is 0 Å². The maximum atomic E-state index is 6.12. The van der Waals surface area contributed by atoms with Crippen molar-refractivity contribution in [3.05, 3.63) is 52.0 Å². The lowest BCUT2D eigenvalue weighted by molar-refractivity contribution is -0.0502. The van der Waals surface area contributed by atoms with Crippen LogP contribution in [0.3, 0.4) is 0 Å². The fourth-order valence-corrected chi connectivity index (χ4v) is 5.39. The number of morpholine rings is 1. The van der Waals surface area contributed by atoms with Crippen molar-refractivity contribution in [1.29, 1.82) is 0 Å². The SMILES string of the molecule is CN=C(NCc1cnc(CC(C)C)s1)N1CC2OCCN(Cc3ccccc3)C2C1. The Morgan fingerprint density at radius 1 is 1.30 bits per heavy atom. The first-order valence-corrected chi connectivity index (χ1v) is 11.7. The number of guanidine groups is 1. The second-order valence-corrected chi connectivity index (χ2v) is 9.76. The van der Waals surface area contributed by atoms with Crippen molar-refractivity contribution >= 4 is 17.3 Å². The summed E-state index contributed by atoms with van der Waals surface area (Å²) in [4.78, 5) is 15.3. The van der Waals surface area contributed by atoms with Crippen LogP contribution in [0.5, 0.6) is 0 Å². The minimum absolute atomic E-state index is 0.238. The van der Waals surface area contributed by atoms with Gasteiger partial charge in [-0.15, -0.1) is 11.3 Å². The number of rotatable bonds is 6. The Hall–Kier alpha value is -1.96. The van der Waals surface area contributed by atoms with Crippen molar-refractivity contribution in [2.45, 2.75) is 45.5 Å². The van der Waals surface area contributed by atoms with Gasteiger partial charge in [0.2, 0.25) is 0 Å². The highest BCUT2D eigenvalue weighted by molar-refractivity contribution is 7.11. The van der Waals surface area contributed by atoms with Gasteiger partial charge in [0.05, 0.1) is 30.3 Å². The van der Waals surface area contributed by atoms with E-state index in [4.69, 9.17) is 4.74 Å². The van der Waals surface area contributed by atoms with E-state index >= 15 is 0 Å². The number of nitrogens with zero attached hydrogens (tertiary/aromatic N) is 4. The Bertz CT molecular complexity index is 837. The Morgan fingerprint density at radius 2 is 2.13 bits per heavy atom. The molecule has 2 atom stereocenters. The maximum absolute atomic E-state index is 6.12. The van der Waals surface area contributed by atoms with Crippen LogP contribution in [-0.2, 0) is 24.2 Å². The third-order valence-electron chi connectivity index (χ3n) is 5.76. The van der Waals surface area contributed by atoms with Gasteiger partial charge in [-0.3, -0.25) is 9.89 Å². The van der Waals surface area contributed by atoms with Crippen molar-refractivity contribution < 1.29 is 4.74 Å². The number of aromatic nitrogens is 1. The summed E-state index contributed by atoms with van der Waals surface area (Å²) in [5.41, 5.74) is 1.36. The number of aliphatic imine (C=N–C) groups is 1. The van der Waals surface area contributed by atoms with Crippen LogP contribution in [-0.4, -0.2) is 66.2 Å². The third-order valence-corrected chi connectivity index (χ3v) is 6.78. The molecule has 0 bridgehead atoms. The van der Waals surface area contributed by atoms with Gasteiger partial charge >= 0.3 is 0 Å². The number of fused-ring (bicyclic) bond motifs is 1. The van der Waals surface area contributed by atoms with Crippen LogP contribution in [0, 0.1) is 5.92 Å². The maximum Gasteiger partial charge on any atom is 0.194 e. The molecule has 162 valence electrons. The van der Waals surface area contributed by atoms with Crippen LogP contribution in [0.4, 0.5) is 0 Å². The second-order valence-electron chi connectivity index (χ2n) is 8.56. The lowest BCUT2D eigenvalue weighted by Gasteiger charge is -2.36. The van der Waals surface area contributed by atoms with Crippen LogP contribution in [0.1, 0.15) is 29.3 Å². The molecule has 2 unspecified atom stereocenters. The van der Waals surface area contributed by atoms with Crippen molar-refractivity contribution in [2.75, 3.05) is 33.3 Å². The van der Waals surface area contributed by atoms with E-state index in [1.807, 2.05) is 13.2 Å². The largest absolute Gasteiger partial charge is 0.373 e. The van der Waals surface area contributed by atoms with Gasteiger partial charge in [-0.05, 0) is 11.5 Å². The first kappa shape index (κ1) is 21.3. The van der Waals surface area contributed by atoms with Crippen molar-refractivity contribution in [3.8, 4) is 0 Å². The van der Waals surface area contributed by atoms with E-state index < -0.39 is 0 Å². The normalized spacial score (nSPS) is 22.5. The number of nitrogens with one attached hydrogen (secondary N) is 1. The first-order chi connectivity index (χ1) is 14.6. The number of hydrogen-bond acceptors (Lipinski definition) is 5. The van der Waals surface area contributed by atoms with Gasteiger partial charge in [0.15, 0.2) is 5.96 Å². The summed E-state index contributed by atoms with van der Waals surface area (Å²) in [6, 6.07) is 11.1. The molecular weight excluding hydrogens is 394 g/mol. The molecule has 30 heavy (non-hydrogen) atoms. The van der Waals surface area contributed by atoms with Crippen molar-refractivity contribution in [1.82, 2.24) is 20.1 Å². The highest BCUT2D eigenvalue weighted by atomic mass is 32.1. The number of ether oxygens (including phenoxy) is 1. The lowest BCUT2D eigenvalue weighted by Crippen LogP contribution is -2.50.